The van der Waals surface area contributed by atoms with E-state index in [0.717, 1.165) is 18.4 Å². The summed E-state index contributed by atoms with van der Waals surface area (Å²) in [6, 6.07) is 7.59. The zero-order chi connectivity index (χ0) is 14.2. The van der Waals surface area contributed by atoms with E-state index in [4.69, 9.17) is 0 Å². The highest BCUT2D eigenvalue weighted by Crippen LogP contribution is 2.19. The van der Waals surface area contributed by atoms with E-state index in [1.807, 2.05) is 12.1 Å². The molecule has 110 valence electrons. The molecule has 3 nitrogen and oxygen atoms in total. The van der Waals surface area contributed by atoms with Gasteiger partial charge in [0.1, 0.15) is 5.75 Å². The van der Waals surface area contributed by atoms with Crippen LogP contribution in [0.2, 0.25) is 0 Å². The molecule has 20 heavy (non-hydrogen) atoms. The standard InChI is InChI=1S/C17H25NO2/c19-16-11-7-6-8-14(16)12-13-17(20)18-15-9-4-2-1-3-5-10-15/h6-8,11,15,19H,1-5,9-10,12-13H2,(H,18,20). The van der Waals surface area contributed by atoms with Crippen molar-refractivity contribution in [3.63, 3.8) is 0 Å². The van der Waals surface area contributed by atoms with Gasteiger partial charge in [-0.3, -0.25) is 4.79 Å². The Kier molecular flexibility index (Phi) is 5.90. The average Bonchev–Trinajstić information content (AvgIpc) is 2.41. The third-order valence-electron chi connectivity index (χ3n) is 4.08. The molecule has 0 spiro atoms. The first kappa shape index (κ1) is 14.9. The molecule has 1 aromatic rings. The van der Waals surface area contributed by atoms with E-state index in [0.29, 0.717) is 18.9 Å². The molecule has 0 radical (unpaired) electrons. The summed E-state index contributed by atoms with van der Waals surface area (Å²) in [6.45, 7) is 0. The van der Waals surface area contributed by atoms with E-state index in [9.17, 15) is 9.90 Å². The number of aryl methyl sites for hydroxylation is 1. The largest absolute Gasteiger partial charge is 0.508 e. The van der Waals surface area contributed by atoms with Crippen molar-refractivity contribution in [3.8, 4) is 5.75 Å². The average molecular weight is 275 g/mol. The number of carbonyl (C=O) groups is 1. The van der Waals surface area contributed by atoms with Gasteiger partial charge < -0.3 is 10.4 Å². The Morgan fingerprint density at radius 2 is 1.75 bits per heavy atom. The summed E-state index contributed by atoms with van der Waals surface area (Å²) >= 11 is 0. The number of phenolic OH excluding ortho intramolecular Hbond substituents is 1. The fourth-order valence-corrected chi connectivity index (χ4v) is 2.87. The number of amides is 1. The van der Waals surface area contributed by atoms with Gasteiger partial charge in [-0.2, -0.15) is 0 Å². The van der Waals surface area contributed by atoms with Crippen LogP contribution in [0.15, 0.2) is 24.3 Å². The van der Waals surface area contributed by atoms with Gasteiger partial charge in [0, 0.05) is 12.5 Å². The molecule has 3 heteroatoms. The first-order valence-electron chi connectivity index (χ1n) is 7.82. The van der Waals surface area contributed by atoms with Crippen LogP contribution >= 0.6 is 0 Å². The second-order valence-electron chi connectivity index (χ2n) is 5.74. The molecule has 0 aromatic heterocycles. The lowest BCUT2D eigenvalue weighted by molar-refractivity contribution is -0.121. The Morgan fingerprint density at radius 1 is 1.10 bits per heavy atom. The van der Waals surface area contributed by atoms with Crippen LogP contribution in [0.1, 0.15) is 56.9 Å². The van der Waals surface area contributed by atoms with Crippen LogP contribution in [0.3, 0.4) is 0 Å². The van der Waals surface area contributed by atoms with Crippen molar-refractivity contribution in [2.24, 2.45) is 0 Å². The number of carbonyl (C=O) groups excluding carboxylic acids is 1. The molecule has 2 rings (SSSR count). The molecule has 1 aliphatic carbocycles. The van der Waals surface area contributed by atoms with Crippen LogP contribution in [-0.2, 0) is 11.2 Å². The summed E-state index contributed by atoms with van der Waals surface area (Å²) in [5.41, 5.74) is 0.848. The van der Waals surface area contributed by atoms with Gasteiger partial charge in [0.25, 0.3) is 0 Å². The zero-order valence-corrected chi connectivity index (χ0v) is 12.1. The SMILES string of the molecule is O=C(CCc1ccccc1O)NC1CCCCCCC1. The molecule has 0 heterocycles. The number of aromatic hydroxyl groups is 1. The molecule has 0 aliphatic heterocycles. The zero-order valence-electron chi connectivity index (χ0n) is 12.1. The summed E-state index contributed by atoms with van der Waals surface area (Å²) in [5, 5.41) is 12.8. The third-order valence-corrected chi connectivity index (χ3v) is 4.08. The fourth-order valence-electron chi connectivity index (χ4n) is 2.87. The summed E-state index contributed by atoms with van der Waals surface area (Å²) in [5.74, 6) is 0.394. The van der Waals surface area contributed by atoms with Crippen molar-refractivity contribution in [2.75, 3.05) is 0 Å². The summed E-state index contributed by atoms with van der Waals surface area (Å²) in [6.07, 6.45) is 9.67. The van der Waals surface area contributed by atoms with Gasteiger partial charge in [-0.15, -0.1) is 0 Å². The van der Waals surface area contributed by atoms with Crippen LogP contribution in [0.5, 0.6) is 5.75 Å². The van der Waals surface area contributed by atoms with Crippen molar-refractivity contribution >= 4 is 5.91 Å². The van der Waals surface area contributed by atoms with Crippen LogP contribution in [-0.4, -0.2) is 17.1 Å². The van der Waals surface area contributed by atoms with Crippen LogP contribution in [0.4, 0.5) is 0 Å². The predicted octanol–water partition coefficient (Wildman–Crippen LogP) is 3.55. The molecule has 0 unspecified atom stereocenters. The highest BCUT2D eigenvalue weighted by molar-refractivity contribution is 5.76. The number of hydrogen-bond acceptors (Lipinski definition) is 2. The maximum atomic E-state index is 12.0. The number of hydrogen-bond donors (Lipinski definition) is 2. The normalized spacial score (nSPS) is 17.2. The molecular weight excluding hydrogens is 250 g/mol. The number of nitrogens with one attached hydrogen (secondary N) is 1. The third kappa shape index (κ3) is 4.87. The molecule has 2 N–H and O–H groups in total. The number of phenols is 1. The van der Waals surface area contributed by atoms with E-state index in [-0.39, 0.29) is 11.7 Å². The number of para-hydroxylation sites is 1. The minimum absolute atomic E-state index is 0.110. The molecular formula is C17H25NO2. The maximum Gasteiger partial charge on any atom is 0.220 e. The molecule has 0 atom stereocenters. The van der Waals surface area contributed by atoms with E-state index in [1.54, 1.807) is 12.1 Å². The first-order valence-corrected chi connectivity index (χ1v) is 7.82. The van der Waals surface area contributed by atoms with Crippen LogP contribution in [0.25, 0.3) is 0 Å². The molecule has 0 saturated heterocycles. The summed E-state index contributed by atoms with van der Waals surface area (Å²) in [7, 11) is 0. The van der Waals surface area contributed by atoms with Gasteiger partial charge in [0.05, 0.1) is 0 Å². The minimum Gasteiger partial charge on any atom is -0.508 e. The Morgan fingerprint density at radius 3 is 2.45 bits per heavy atom. The van der Waals surface area contributed by atoms with Crippen LogP contribution in [0, 0.1) is 0 Å². The molecule has 1 saturated carbocycles. The van der Waals surface area contributed by atoms with Crippen molar-refractivity contribution < 1.29 is 9.90 Å². The Hall–Kier alpha value is -1.51. The second kappa shape index (κ2) is 7.93. The number of benzene rings is 1. The second-order valence-corrected chi connectivity index (χ2v) is 5.74. The van der Waals surface area contributed by atoms with Gasteiger partial charge in [0.15, 0.2) is 0 Å². The van der Waals surface area contributed by atoms with Crippen molar-refractivity contribution in [1.29, 1.82) is 0 Å². The van der Waals surface area contributed by atoms with Gasteiger partial charge in [-0.05, 0) is 30.9 Å². The van der Waals surface area contributed by atoms with Gasteiger partial charge in [-0.1, -0.05) is 50.3 Å². The van der Waals surface area contributed by atoms with Crippen molar-refractivity contribution in [2.45, 2.75) is 63.8 Å². The highest BCUT2D eigenvalue weighted by atomic mass is 16.3. The molecule has 1 amide bonds. The maximum absolute atomic E-state index is 12.0. The lowest BCUT2D eigenvalue weighted by Gasteiger charge is -2.21. The van der Waals surface area contributed by atoms with Gasteiger partial charge >= 0.3 is 0 Å². The Labute approximate surface area is 121 Å². The topological polar surface area (TPSA) is 49.3 Å². The fraction of sp³-hybridized carbons (Fsp3) is 0.588. The van der Waals surface area contributed by atoms with E-state index >= 15 is 0 Å². The predicted molar refractivity (Wildman–Crippen MR) is 80.7 cm³/mol. The van der Waals surface area contributed by atoms with Crippen molar-refractivity contribution in [1.82, 2.24) is 5.32 Å². The lowest BCUT2D eigenvalue weighted by Crippen LogP contribution is -2.35. The first-order chi connectivity index (χ1) is 9.75. The molecule has 1 fully saturated rings. The quantitative estimate of drug-likeness (QED) is 0.882. The van der Waals surface area contributed by atoms with Gasteiger partial charge in [0.2, 0.25) is 5.91 Å². The van der Waals surface area contributed by atoms with E-state index in [1.165, 1.54) is 32.1 Å². The lowest BCUT2D eigenvalue weighted by atomic mass is 9.96. The Balaban J connectivity index is 1.75. The Bertz CT molecular complexity index is 423. The van der Waals surface area contributed by atoms with E-state index in [2.05, 4.69) is 5.32 Å². The number of rotatable bonds is 4. The van der Waals surface area contributed by atoms with E-state index < -0.39 is 0 Å². The highest BCUT2D eigenvalue weighted by Gasteiger charge is 2.14. The summed E-state index contributed by atoms with van der Waals surface area (Å²) < 4.78 is 0. The van der Waals surface area contributed by atoms with Crippen LogP contribution < -0.4 is 5.32 Å². The van der Waals surface area contributed by atoms with Crippen molar-refractivity contribution in [3.05, 3.63) is 29.8 Å². The van der Waals surface area contributed by atoms with Gasteiger partial charge in [-0.25, -0.2) is 0 Å². The smallest absolute Gasteiger partial charge is 0.220 e. The minimum atomic E-state index is 0.110. The molecule has 0 bridgehead atoms. The summed E-state index contributed by atoms with van der Waals surface area (Å²) in [4.78, 5) is 12.0. The molecule has 1 aliphatic rings. The monoisotopic (exact) mass is 275 g/mol. The molecule has 1 aromatic carbocycles.